The minimum Gasteiger partial charge on any atom is -0.456 e. The summed E-state index contributed by atoms with van der Waals surface area (Å²) in [5.74, 6) is -0.396. The molecule has 0 unspecified atom stereocenters. The fourth-order valence-electron chi connectivity index (χ4n) is 1.59. The van der Waals surface area contributed by atoms with Gasteiger partial charge in [0, 0.05) is 16.3 Å². The highest BCUT2D eigenvalue weighted by Gasteiger charge is 2.25. The Hall–Kier alpha value is -1.40. The molecule has 2 aromatic rings. The van der Waals surface area contributed by atoms with Gasteiger partial charge in [0.05, 0.1) is 10.7 Å². The number of ether oxygens (including phenoxy) is 1. The smallest absolute Gasteiger partial charge is 0.342 e. The molecule has 0 spiro atoms. The molecule has 0 bridgehead atoms. The number of esters is 1. The van der Waals surface area contributed by atoms with E-state index in [1.54, 1.807) is 11.3 Å². The molecule has 6 heteroatoms. The molecule has 0 aliphatic rings. The summed E-state index contributed by atoms with van der Waals surface area (Å²) in [6.45, 7) is 7.43. The lowest BCUT2D eigenvalue weighted by Crippen LogP contribution is -2.24. The van der Waals surface area contributed by atoms with E-state index in [-0.39, 0.29) is 0 Å². The van der Waals surface area contributed by atoms with Crippen molar-refractivity contribution in [2.45, 2.75) is 33.3 Å². The lowest BCUT2D eigenvalue weighted by atomic mass is 10.1. The SMILES string of the molecule is Cc1nc(-c2csc(N)c2C(=O)OC(C)(C)C)cs1. The highest BCUT2D eigenvalue weighted by Crippen LogP contribution is 2.35. The number of anilines is 1. The third-order valence-electron chi connectivity index (χ3n) is 2.32. The predicted octanol–water partition coefficient (Wildman–Crippen LogP) is 3.72. The average molecular weight is 296 g/mol. The van der Waals surface area contributed by atoms with Gasteiger partial charge in [-0.3, -0.25) is 0 Å². The number of aromatic nitrogens is 1. The molecule has 2 N–H and O–H groups in total. The van der Waals surface area contributed by atoms with Gasteiger partial charge in [-0.2, -0.15) is 0 Å². The molecule has 2 rings (SSSR count). The van der Waals surface area contributed by atoms with Crippen LogP contribution in [0, 0.1) is 6.92 Å². The topological polar surface area (TPSA) is 65.2 Å². The van der Waals surface area contributed by atoms with Gasteiger partial charge in [0.25, 0.3) is 0 Å². The number of rotatable bonds is 2. The number of nitrogens with two attached hydrogens (primary N) is 1. The minimum absolute atomic E-state index is 0.396. The monoisotopic (exact) mass is 296 g/mol. The summed E-state index contributed by atoms with van der Waals surface area (Å²) in [6, 6.07) is 0. The number of hydrogen-bond acceptors (Lipinski definition) is 6. The Bertz CT molecular complexity index is 608. The largest absolute Gasteiger partial charge is 0.456 e. The van der Waals surface area contributed by atoms with E-state index in [1.165, 1.54) is 11.3 Å². The molecule has 2 aromatic heterocycles. The Morgan fingerprint density at radius 1 is 1.32 bits per heavy atom. The van der Waals surface area contributed by atoms with E-state index in [9.17, 15) is 4.79 Å². The van der Waals surface area contributed by atoms with E-state index in [1.807, 2.05) is 38.5 Å². The molecule has 0 aliphatic carbocycles. The summed E-state index contributed by atoms with van der Waals surface area (Å²) in [4.78, 5) is 16.6. The third kappa shape index (κ3) is 3.13. The second-order valence-corrected chi connectivity index (χ2v) is 7.12. The van der Waals surface area contributed by atoms with Crippen molar-refractivity contribution in [3.05, 3.63) is 21.3 Å². The fraction of sp³-hybridized carbons (Fsp3) is 0.385. The van der Waals surface area contributed by atoms with Crippen LogP contribution in [-0.4, -0.2) is 16.6 Å². The van der Waals surface area contributed by atoms with Crippen molar-refractivity contribution in [2.24, 2.45) is 0 Å². The highest BCUT2D eigenvalue weighted by molar-refractivity contribution is 7.15. The van der Waals surface area contributed by atoms with Crippen LogP contribution in [0.4, 0.5) is 5.00 Å². The second kappa shape index (κ2) is 4.94. The van der Waals surface area contributed by atoms with Gasteiger partial charge in [0.2, 0.25) is 0 Å². The molecule has 2 heterocycles. The number of thiophene rings is 1. The maximum Gasteiger partial charge on any atom is 0.342 e. The van der Waals surface area contributed by atoms with Gasteiger partial charge in [-0.25, -0.2) is 9.78 Å². The maximum absolute atomic E-state index is 12.2. The van der Waals surface area contributed by atoms with Gasteiger partial charge in [-0.05, 0) is 27.7 Å². The zero-order valence-electron chi connectivity index (χ0n) is 11.3. The van der Waals surface area contributed by atoms with Crippen LogP contribution < -0.4 is 5.73 Å². The summed E-state index contributed by atoms with van der Waals surface area (Å²) < 4.78 is 5.40. The first kappa shape index (κ1) is 14.0. The van der Waals surface area contributed by atoms with Crippen molar-refractivity contribution >= 4 is 33.6 Å². The quantitative estimate of drug-likeness (QED) is 0.858. The summed E-state index contributed by atoms with van der Waals surface area (Å²) in [7, 11) is 0. The normalized spacial score (nSPS) is 11.6. The van der Waals surface area contributed by atoms with E-state index in [4.69, 9.17) is 10.5 Å². The molecule has 0 fully saturated rings. The summed E-state index contributed by atoms with van der Waals surface area (Å²) in [5, 5.41) is 5.19. The maximum atomic E-state index is 12.2. The highest BCUT2D eigenvalue weighted by atomic mass is 32.1. The average Bonchev–Trinajstić information content (AvgIpc) is 2.81. The standard InChI is InChI=1S/C13H16N2O2S2/c1-7-15-9(6-18-7)8-5-19-11(14)10(8)12(16)17-13(2,3)4/h5-6H,14H2,1-4H3. The molecule has 19 heavy (non-hydrogen) atoms. The van der Waals surface area contributed by atoms with Gasteiger partial charge < -0.3 is 10.5 Å². The van der Waals surface area contributed by atoms with Crippen LogP contribution in [0.1, 0.15) is 36.1 Å². The van der Waals surface area contributed by atoms with Gasteiger partial charge >= 0.3 is 5.97 Å². The first-order valence-corrected chi connectivity index (χ1v) is 7.56. The third-order valence-corrected chi connectivity index (χ3v) is 3.90. The Morgan fingerprint density at radius 3 is 2.53 bits per heavy atom. The van der Waals surface area contributed by atoms with Crippen LogP contribution in [0.15, 0.2) is 10.8 Å². The number of carbonyl (C=O) groups excluding carboxylic acids is 1. The second-order valence-electron chi connectivity index (χ2n) is 5.14. The van der Waals surface area contributed by atoms with Crippen molar-refractivity contribution < 1.29 is 9.53 Å². The lowest BCUT2D eigenvalue weighted by molar-refractivity contribution is 0.00722. The Kier molecular flexibility index (Phi) is 3.64. The minimum atomic E-state index is -0.541. The van der Waals surface area contributed by atoms with Crippen LogP contribution in [0.5, 0.6) is 0 Å². The lowest BCUT2D eigenvalue weighted by Gasteiger charge is -2.19. The number of carbonyl (C=O) groups is 1. The fourth-order valence-corrected chi connectivity index (χ4v) is 3.00. The summed E-state index contributed by atoms with van der Waals surface area (Å²) in [6.07, 6.45) is 0. The first-order chi connectivity index (χ1) is 8.78. The molecule has 4 nitrogen and oxygen atoms in total. The van der Waals surface area contributed by atoms with Crippen LogP contribution in [0.25, 0.3) is 11.3 Å². The van der Waals surface area contributed by atoms with E-state index in [2.05, 4.69) is 4.98 Å². The van der Waals surface area contributed by atoms with Gasteiger partial charge in [0.15, 0.2) is 0 Å². The van der Waals surface area contributed by atoms with E-state index >= 15 is 0 Å². The van der Waals surface area contributed by atoms with Crippen molar-refractivity contribution in [1.29, 1.82) is 0 Å². The Balaban J connectivity index is 2.41. The van der Waals surface area contributed by atoms with Crippen LogP contribution in [0.3, 0.4) is 0 Å². The zero-order chi connectivity index (χ0) is 14.2. The molecular formula is C13H16N2O2S2. The number of hydrogen-bond donors (Lipinski definition) is 1. The molecule has 0 saturated carbocycles. The number of aryl methyl sites for hydroxylation is 1. The zero-order valence-corrected chi connectivity index (χ0v) is 12.9. The van der Waals surface area contributed by atoms with Crippen LogP contribution in [0.2, 0.25) is 0 Å². The summed E-state index contributed by atoms with van der Waals surface area (Å²) in [5.41, 5.74) is 7.30. The molecular weight excluding hydrogens is 280 g/mol. The number of nitrogen functional groups attached to an aromatic ring is 1. The number of thiazole rings is 1. The van der Waals surface area contributed by atoms with Crippen molar-refractivity contribution in [3.8, 4) is 11.3 Å². The predicted molar refractivity (Wildman–Crippen MR) is 79.7 cm³/mol. The molecule has 0 aliphatic heterocycles. The first-order valence-electron chi connectivity index (χ1n) is 5.81. The van der Waals surface area contributed by atoms with Crippen molar-refractivity contribution in [2.75, 3.05) is 5.73 Å². The van der Waals surface area contributed by atoms with Gasteiger partial charge in [-0.15, -0.1) is 22.7 Å². The number of nitrogens with zero attached hydrogens (tertiary/aromatic N) is 1. The molecule has 0 atom stereocenters. The van der Waals surface area contributed by atoms with Gasteiger partial charge in [-0.1, -0.05) is 0 Å². The molecule has 102 valence electrons. The van der Waals surface area contributed by atoms with Crippen molar-refractivity contribution in [3.63, 3.8) is 0 Å². The molecule has 0 aromatic carbocycles. The Morgan fingerprint density at radius 2 is 2.00 bits per heavy atom. The Labute approximate surface area is 120 Å². The van der Waals surface area contributed by atoms with Crippen LogP contribution in [-0.2, 0) is 4.74 Å². The van der Waals surface area contributed by atoms with Crippen LogP contribution >= 0.6 is 22.7 Å². The van der Waals surface area contributed by atoms with Gasteiger partial charge in [0.1, 0.15) is 16.2 Å². The molecule has 0 amide bonds. The van der Waals surface area contributed by atoms with E-state index in [0.717, 1.165) is 16.3 Å². The summed E-state index contributed by atoms with van der Waals surface area (Å²) >= 11 is 2.87. The van der Waals surface area contributed by atoms with E-state index in [0.29, 0.717) is 10.6 Å². The molecule has 0 saturated heterocycles. The van der Waals surface area contributed by atoms with Crippen molar-refractivity contribution in [1.82, 2.24) is 4.98 Å². The molecule has 0 radical (unpaired) electrons. The van der Waals surface area contributed by atoms with E-state index < -0.39 is 11.6 Å².